The number of carbonyl (C=O) groups is 2. The number of carbonyl (C=O) groups excluding carboxylic acids is 1. The van der Waals surface area contributed by atoms with Crippen molar-refractivity contribution in [1.82, 2.24) is 4.90 Å². The Hall–Kier alpha value is -1.30. The lowest BCUT2D eigenvalue weighted by Gasteiger charge is -2.22. The van der Waals surface area contributed by atoms with Crippen LogP contribution in [0.2, 0.25) is 0 Å². The van der Waals surface area contributed by atoms with Crippen LogP contribution in [-0.2, 0) is 4.79 Å². The molecule has 6 heteroatoms. The number of hydrogen-bond donors (Lipinski definition) is 1. The van der Waals surface area contributed by atoms with Gasteiger partial charge < -0.3 is 14.4 Å². The normalized spacial score (nSPS) is 10.7. The quantitative estimate of drug-likeness (QED) is 0.875. The van der Waals surface area contributed by atoms with Gasteiger partial charge in [-0.15, -0.1) is 0 Å². The molecule has 1 aromatic rings. The molecule has 1 amide bonds. The molecule has 1 heterocycles. The average Bonchev–Trinajstić information content (AvgIpc) is 2.69. The van der Waals surface area contributed by atoms with Crippen molar-refractivity contribution in [3.8, 4) is 0 Å². The average molecular weight is 318 g/mol. The topological polar surface area (TPSA) is 70.8 Å². The first-order valence-corrected chi connectivity index (χ1v) is 6.46. The van der Waals surface area contributed by atoms with Gasteiger partial charge >= 0.3 is 5.97 Å². The maximum Gasteiger partial charge on any atom is 0.305 e. The Morgan fingerprint density at radius 3 is 2.56 bits per heavy atom. The molecule has 0 fully saturated rings. The number of amides is 1. The first-order chi connectivity index (χ1) is 8.40. The largest absolute Gasteiger partial charge is 0.481 e. The molecule has 1 N–H and O–H groups in total. The second-order valence-corrected chi connectivity index (χ2v) is 5.17. The van der Waals surface area contributed by atoms with Crippen molar-refractivity contribution in [2.75, 3.05) is 13.1 Å². The third-order valence-corrected chi connectivity index (χ3v) is 2.68. The van der Waals surface area contributed by atoms with Crippen LogP contribution in [0.1, 0.15) is 30.8 Å². The van der Waals surface area contributed by atoms with Crippen LogP contribution in [0.15, 0.2) is 21.2 Å². The van der Waals surface area contributed by atoms with E-state index in [-0.39, 0.29) is 30.6 Å². The van der Waals surface area contributed by atoms with Gasteiger partial charge in [-0.2, -0.15) is 0 Å². The molecule has 0 bridgehead atoms. The predicted octanol–water partition coefficient (Wildman–Crippen LogP) is 2.62. The molecule has 0 aliphatic rings. The van der Waals surface area contributed by atoms with Crippen LogP contribution in [0.3, 0.4) is 0 Å². The fourth-order valence-electron chi connectivity index (χ4n) is 1.53. The number of hydrogen-bond acceptors (Lipinski definition) is 3. The predicted molar refractivity (Wildman–Crippen MR) is 69.4 cm³/mol. The van der Waals surface area contributed by atoms with Crippen molar-refractivity contribution in [2.24, 2.45) is 5.92 Å². The van der Waals surface area contributed by atoms with Crippen molar-refractivity contribution in [3.05, 3.63) is 22.6 Å². The zero-order valence-electron chi connectivity index (χ0n) is 10.4. The summed E-state index contributed by atoms with van der Waals surface area (Å²) in [6.45, 7) is 4.63. The highest BCUT2D eigenvalue weighted by molar-refractivity contribution is 9.10. The smallest absolute Gasteiger partial charge is 0.305 e. The van der Waals surface area contributed by atoms with Gasteiger partial charge in [-0.1, -0.05) is 13.8 Å². The number of rotatable bonds is 6. The van der Waals surface area contributed by atoms with Crippen molar-refractivity contribution >= 4 is 27.8 Å². The number of furan rings is 1. The summed E-state index contributed by atoms with van der Waals surface area (Å²) in [5.74, 6) is -0.720. The summed E-state index contributed by atoms with van der Waals surface area (Å²) in [5, 5.41) is 8.68. The number of carboxylic acid groups (broad SMARTS) is 1. The minimum Gasteiger partial charge on any atom is -0.481 e. The van der Waals surface area contributed by atoms with Crippen LogP contribution < -0.4 is 0 Å². The van der Waals surface area contributed by atoms with Crippen molar-refractivity contribution < 1.29 is 19.1 Å². The lowest BCUT2D eigenvalue weighted by Crippen LogP contribution is -2.35. The van der Waals surface area contributed by atoms with E-state index in [1.165, 1.54) is 4.90 Å². The highest BCUT2D eigenvalue weighted by Gasteiger charge is 2.20. The van der Waals surface area contributed by atoms with Crippen LogP contribution in [-0.4, -0.2) is 35.0 Å². The van der Waals surface area contributed by atoms with Crippen molar-refractivity contribution in [1.29, 1.82) is 0 Å². The van der Waals surface area contributed by atoms with Gasteiger partial charge in [-0.05, 0) is 34.0 Å². The zero-order valence-corrected chi connectivity index (χ0v) is 11.9. The summed E-state index contributed by atoms with van der Waals surface area (Å²) in [6, 6.07) is 3.21. The molecule has 1 aromatic heterocycles. The van der Waals surface area contributed by atoms with E-state index in [9.17, 15) is 9.59 Å². The molecule has 0 saturated carbocycles. The van der Waals surface area contributed by atoms with Gasteiger partial charge in [-0.3, -0.25) is 9.59 Å². The van der Waals surface area contributed by atoms with Gasteiger partial charge in [0.05, 0.1) is 6.42 Å². The van der Waals surface area contributed by atoms with Crippen molar-refractivity contribution in [3.63, 3.8) is 0 Å². The lowest BCUT2D eigenvalue weighted by molar-refractivity contribution is -0.137. The van der Waals surface area contributed by atoms with E-state index in [0.717, 1.165) is 0 Å². The number of nitrogens with zero attached hydrogens (tertiary/aromatic N) is 1. The van der Waals surface area contributed by atoms with Crippen LogP contribution in [0, 0.1) is 5.92 Å². The zero-order chi connectivity index (χ0) is 13.7. The highest BCUT2D eigenvalue weighted by atomic mass is 79.9. The van der Waals surface area contributed by atoms with Crippen LogP contribution in [0.25, 0.3) is 0 Å². The molecule has 100 valence electrons. The van der Waals surface area contributed by atoms with Gasteiger partial charge in [0.25, 0.3) is 5.91 Å². The van der Waals surface area contributed by atoms with E-state index in [4.69, 9.17) is 9.52 Å². The second-order valence-electron chi connectivity index (χ2n) is 4.39. The Balaban J connectivity index is 2.75. The molecule has 0 aliphatic carbocycles. The van der Waals surface area contributed by atoms with Crippen LogP contribution >= 0.6 is 15.9 Å². The fraction of sp³-hybridized carbons (Fsp3) is 0.500. The monoisotopic (exact) mass is 317 g/mol. The van der Waals surface area contributed by atoms with Crippen molar-refractivity contribution in [2.45, 2.75) is 20.3 Å². The Kier molecular flexibility index (Phi) is 5.40. The lowest BCUT2D eigenvalue weighted by atomic mass is 10.2. The van der Waals surface area contributed by atoms with Gasteiger partial charge in [-0.25, -0.2) is 0 Å². The summed E-state index contributed by atoms with van der Waals surface area (Å²) < 4.78 is 5.67. The second kappa shape index (κ2) is 6.58. The molecule has 18 heavy (non-hydrogen) atoms. The van der Waals surface area contributed by atoms with Gasteiger partial charge in [0.2, 0.25) is 0 Å². The maximum absolute atomic E-state index is 12.1. The maximum atomic E-state index is 12.1. The minimum absolute atomic E-state index is 0.0691. The summed E-state index contributed by atoms with van der Waals surface area (Å²) in [4.78, 5) is 24.2. The molecule has 1 rings (SSSR count). The molecule has 0 saturated heterocycles. The van der Waals surface area contributed by atoms with Crippen LogP contribution in [0.5, 0.6) is 0 Å². The number of carboxylic acids is 1. The molecular formula is C12H16BrNO4. The Morgan fingerprint density at radius 1 is 1.44 bits per heavy atom. The third-order valence-electron chi connectivity index (χ3n) is 2.25. The molecule has 0 unspecified atom stereocenters. The van der Waals surface area contributed by atoms with Gasteiger partial charge in [0, 0.05) is 13.1 Å². The minimum atomic E-state index is -0.919. The molecule has 0 atom stereocenters. The third kappa shape index (κ3) is 4.52. The molecular weight excluding hydrogens is 302 g/mol. The SMILES string of the molecule is CC(C)CN(CCC(=O)O)C(=O)c1ccc(Br)o1. The Morgan fingerprint density at radius 2 is 2.11 bits per heavy atom. The standard InChI is InChI=1S/C12H16BrNO4/c1-8(2)7-14(6-5-11(15)16)12(17)9-3-4-10(13)18-9/h3-4,8H,5-7H2,1-2H3,(H,15,16). The summed E-state index contributed by atoms with van der Waals surface area (Å²) in [5.41, 5.74) is 0. The summed E-state index contributed by atoms with van der Waals surface area (Å²) >= 11 is 3.13. The van der Waals surface area contributed by atoms with Gasteiger partial charge in [0.1, 0.15) is 0 Å². The molecule has 0 radical (unpaired) electrons. The van der Waals surface area contributed by atoms with E-state index in [1.54, 1.807) is 12.1 Å². The van der Waals surface area contributed by atoms with E-state index in [2.05, 4.69) is 15.9 Å². The Bertz CT molecular complexity index is 427. The van der Waals surface area contributed by atoms with E-state index < -0.39 is 5.97 Å². The number of aliphatic carboxylic acids is 1. The Labute approximate surface area is 114 Å². The molecule has 0 aromatic carbocycles. The highest BCUT2D eigenvalue weighted by Crippen LogP contribution is 2.16. The van der Waals surface area contributed by atoms with E-state index >= 15 is 0 Å². The van der Waals surface area contributed by atoms with E-state index in [1.807, 2.05) is 13.8 Å². The first-order valence-electron chi connectivity index (χ1n) is 5.66. The van der Waals surface area contributed by atoms with Crippen LogP contribution in [0.4, 0.5) is 0 Å². The number of halogens is 1. The summed E-state index contributed by atoms with van der Waals surface area (Å²) in [6.07, 6.45) is -0.0691. The van der Waals surface area contributed by atoms with E-state index in [0.29, 0.717) is 11.2 Å². The molecule has 0 aliphatic heterocycles. The fourth-order valence-corrected chi connectivity index (χ4v) is 1.84. The van der Waals surface area contributed by atoms with Gasteiger partial charge in [0.15, 0.2) is 10.4 Å². The first kappa shape index (κ1) is 14.8. The molecule has 0 spiro atoms. The summed E-state index contributed by atoms with van der Waals surface area (Å²) in [7, 11) is 0. The molecule has 5 nitrogen and oxygen atoms in total.